The smallest absolute Gasteiger partial charge is 0.235 e. The summed E-state index contributed by atoms with van der Waals surface area (Å²) in [7, 11) is 0. The number of fused-ring (bicyclic) bond motifs is 1. The van der Waals surface area contributed by atoms with Crippen LogP contribution in [-0.2, 0) is 9.59 Å². The van der Waals surface area contributed by atoms with Crippen LogP contribution in [0.5, 0.6) is 0 Å². The third-order valence-electron chi connectivity index (χ3n) is 1.71. The Kier molecular flexibility index (Phi) is 2.09. The van der Waals surface area contributed by atoms with Crippen LogP contribution in [0.2, 0.25) is 5.02 Å². The molecule has 1 aliphatic rings. The molecule has 2 N–H and O–H groups in total. The molecule has 14 heavy (non-hydrogen) atoms. The van der Waals surface area contributed by atoms with Crippen molar-refractivity contribution in [3.05, 3.63) is 17.3 Å². The van der Waals surface area contributed by atoms with E-state index < -0.39 is 0 Å². The van der Waals surface area contributed by atoms with Gasteiger partial charge in [0.1, 0.15) is 6.42 Å². The highest BCUT2D eigenvalue weighted by Crippen LogP contribution is 2.24. The number of hydrogen-bond acceptors (Lipinski definition) is 3. The summed E-state index contributed by atoms with van der Waals surface area (Å²) in [5.74, 6) is -0.424. The molecule has 1 aromatic rings. The zero-order chi connectivity index (χ0) is 10.1. The van der Waals surface area contributed by atoms with E-state index in [0.717, 1.165) is 0 Å². The van der Waals surface area contributed by atoms with Gasteiger partial charge in [0.05, 0.1) is 10.7 Å². The molecule has 0 radical (unpaired) electrons. The molecular weight excluding hydrogens is 206 g/mol. The van der Waals surface area contributed by atoms with Crippen molar-refractivity contribution in [3.63, 3.8) is 0 Å². The van der Waals surface area contributed by atoms with Gasteiger partial charge in [0.15, 0.2) is 5.82 Å². The minimum atomic E-state index is -0.379. The lowest BCUT2D eigenvalue weighted by molar-refractivity contribution is -0.123. The van der Waals surface area contributed by atoms with Crippen molar-refractivity contribution in [2.24, 2.45) is 0 Å². The molecule has 2 rings (SSSR count). The fourth-order valence-corrected chi connectivity index (χ4v) is 1.31. The minimum absolute atomic E-state index is 0.200. The topological polar surface area (TPSA) is 71.1 Å². The summed E-state index contributed by atoms with van der Waals surface area (Å²) in [5, 5.41) is 5.42. The van der Waals surface area contributed by atoms with Crippen molar-refractivity contribution < 1.29 is 9.59 Å². The summed E-state index contributed by atoms with van der Waals surface area (Å²) >= 11 is 5.69. The number of pyridine rings is 1. The van der Waals surface area contributed by atoms with Crippen LogP contribution in [0.15, 0.2) is 12.3 Å². The van der Waals surface area contributed by atoms with Crippen LogP contribution in [0, 0.1) is 0 Å². The summed E-state index contributed by atoms with van der Waals surface area (Å²) in [6.45, 7) is 0. The van der Waals surface area contributed by atoms with Crippen molar-refractivity contribution in [2.45, 2.75) is 6.42 Å². The van der Waals surface area contributed by atoms with Crippen LogP contribution >= 0.6 is 11.6 Å². The van der Waals surface area contributed by atoms with Crippen LogP contribution in [0.4, 0.5) is 11.5 Å². The van der Waals surface area contributed by atoms with E-state index in [-0.39, 0.29) is 18.2 Å². The van der Waals surface area contributed by atoms with Crippen LogP contribution in [0.25, 0.3) is 0 Å². The fourth-order valence-electron chi connectivity index (χ4n) is 1.15. The third kappa shape index (κ3) is 1.67. The van der Waals surface area contributed by atoms with Crippen molar-refractivity contribution in [1.82, 2.24) is 4.98 Å². The van der Waals surface area contributed by atoms with Gasteiger partial charge in [-0.05, 0) is 6.07 Å². The molecule has 6 heteroatoms. The van der Waals surface area contributed by atoms with E-state index in [9.17, 15) is 9.59 Å². The molecule has 0 saturated heterocycles. The van der Waals surface area contributed by atoms with E-state index in [1.54, 1.807) is 0 Å². The van der Waals surface area contributed by atoms with Crippen molar-refractivity contribution >= 4 is 34.9 Å². The van der Waals surface area contributed by atoms with Crippen LogP contribution < -0.4 is 10.6 Å². The van der Waals surface area contributed by atoms with Gasteiger partial charge in [0.25, 0.3) is 0 Å². The second kappa shape index (κ2) is 3.26. The molecule has 0 spiro atoms. The average molecular weight is 212 g/mol. The molecule has 72 valence electrons. The van der Waals surface area contributed by atoms with E-state index in [2.05, 4.69) is 15.6 Å². The van der Waals surface area contributed by atoms with Crippen molar-refractivity contribution in [1.29, 1.82) is 0 Å². The SMILES string of the molecule is O=C1CC(=O)Nc2ncc(Cl)cc2N1. The molecule has 0 saturated carbocycles. The number of nitrogens with zero attached hydrogens (tertiary/aromatic N) is 1. The minimum Gasteiger partial charge on any atom is -0.322 e. The molecular formula is C8H6ClN3O2. The number of aromatic nitrogens is 1. The van der Waals surface area contributed by atoms with Gasteiger partial charge in [-0.15, -0.1) is 0 Å². The van der Waals surface area contributed by atoms with Gasteiger partial charge < -0.3 is 10.6 Å². The highest BCUT2D eigenvalue weighted by Gasteiger charge is 2.18. The van der Waals surface area contributed by atoms with E-state index >= 15 is 0 Å². The number of halogens is 1. The normalized spacial score (nSPS) is 15.2. The third-order valence-corrected chi connectivity index (χ3v) is 1.91. The zero-order valence-electron chi connectivity index (χ0n) is 7.00. The van der Waals surface area contributed by atoms with Crippen molar-refractivity contribution in [2.75, 3.05) is 10.6 Å². The van der Waals surface area contributed by atoms with Gasteiger partial charge in [-0.2, -0.15) is 0 Å². The highest BCUT2D eigenvalue weighted by atomic mass is 35.5. The second-order valence-electron chi connectivity index (χ2n) is 2.82. The van der Waals surface area contributed by atoms with Gasteiger partial charge in [-0.3, -0.25) is 9.59 Å². The lowest BCUT2D eigenvalue weighted by Gasteiger charge is -2.04. The first-order valence-electron chi connectivity index (χ1n) is 3.90. The standard InChI is InChI=1S/C8H6ClN3O2/c9-4-1-5-8(10-3-4)12-7(14)2-6(13)11-5/h1,3H,2H2,(H,11,13)(H,10,12,14). The predicted molar refractivity (Wildman–Crippen MR) is 51.1 cm³/mol. The molecule has 0 aromatic carbocycles. The fraction of sp³-hybridized carbons (Fsp3) is 0.125. The van der Waals surface area contributed by atoms with Gasteiger partial charge >= 0.3 is 0 Å². The van der Waals surface area contributed by atoms with Crippen LogP contribution in [0.3, 0.4) is 0 Å². The Hall–Kier alpha value is -1.62. The molecule has 0 fully saturated rings. The Balaban J connectivity index is 2.46. The average Bonchev–Trinajstić information content (AvgIpc) is 2.21. The van der Waals surface area contributed by atoms with Crippen LogP contribution in [-0.4, -0.2) is 16.8 Å². The molecule has 1 aromatic heterocycles. The number of anilines is 2. The van der Waals surface area contributed by atoms with E-state index in [1.807, 2.05) is 0 Å². The highest BCUT2D eigenvalue weighted by molar-refractivity contribution is 6.31. The molecule has 2 amide bonds. The zero-order valence-corrected chi connectivity index (χ0v) is 7.76. The van der Waals surface area contributed by atoms with Gasteiger partial charge in [0.2, 0.25) is 11.8 Å². The molecule has 0 atom stereocenters. The monoisotopic (exact) mass is 211 g/mol. The summed E-state index contributed by atoms with van der Waals surface area (Å²) < 4.78 is 0. The van der Waals surface area contributed by atoms with Crippen molar-refractivity contribution in [3.8, 4) is 0 Å². The Labute approximate surface area is 84.5 Å². The second-order valence-corrected chi connectivity index (χ2v) is 3.26. The summed E-state index contributed by atoms with van der Waals surface area (Å²) in [6, 6.07) is 1.54. The molecule has 2 heterocycles. The molecule has 1 aliphatic heterocycles. The number of carbonyl (C=O) groups is 2. The first-order chi connectivity index (χ1) is 6.65. The lowest BCUT2D eigenvalue weighted by Crippen LogP contribution is -2.16. The Bertz CT molecular complexity index is 419. The number of rotatable bonds is 0. The lowest BCUT2D eigenvalue weighted by atomic mass is 10.4. The molecule has 0 aliphatic carbocycles. The number of amides is 2. The Morgan fingerprint density at radius 2 is 2.00 bits per heavy atom. The Morgan fingerprint density at radius 1 is 1.29 bits per heavy atom. The molecule has 0 unspecified atom stereocenters. The van der Waals surface area contributed by atoms with E-state index in [0.29, 0.717) is 16.5 Å². The van der Waals surface area contributed by atoms with E-state index in [1.165, 1.54) is 12.3 Å². The first kappa shape index (κ1) is 8.96. The largest absolute Gasteiger partial charge is 0.322 e. The van der Waals surface area contributed by atoms with Crippen LogP contribution in [0.1, 0.15) is 6.42 Å². The summed E-state index contributed by atoms with van der Waals surface area (Å²) in [4.78, 5) is 26.1. The number of carbonyl (C=O) groups excluding carboxylic acids is 2. The molecule has 0 bridgehead atoms. The van der Waals surface area contributed by atoms with Gasteiger partial charge in [0, 0.05) is 6.20 Å². The quantitative estimate of drug-likeness (QED) is 0.630. The summed E-state index contributed by atoms with van der Waals surface area (Å²) in [6.07, 6.45) is 1.20. The Morgan fingerprint density at radius 3 is 2.79 bits per heavy atom. The maximum atomic E-state index is 11.1. The van der Waals surface area contributed by atoms with E-state index in [4.69, 9.17) is 11.6 Å². The number of hydrogen-bond donors (Lipinski definition) is 2. The molecule has 5 nitrogen and oxygen atoms in total. The summed E-state index contributed by atoms with van der Waals surface area (Å²) in [5.41, 5.74) is 0.424. The maximum absolute atomic E-state index is 11.1. The first-order valence-corrected chi connectivity index (χ1v) is 4.28. The number of nitrogens with one attached hydrogen (secondary N) is 2. The van der Waals surface area contributed by atoms with Gasteiger partial charge in [-0.25, -0.2) is 4.98 Å². The maximum Gasteiger partial charge on any atom is 0.235 e. The predicted octanol–water partition coefficient (Wildman–Crippen LogP) is 1.02. The van der Waals surface area contributed by atoms with Gasteiger partial charge in [-0.1, -0.05) is 11.6 Å².